The molecule has 0 spiro atoms. The number of esters is 1. The largest absolute Gasteiger partial charge is 0.458 e. The predicted octanol–water partition coefficient (Wildman–Crippen LogP) is 4.33. The van der Waals surface area contributed by atoms with Crippen molar-refractivity contribution in [3.63, 3.8) is 0 Å². The average molecular weight is 433 g/mol. The van der Waals surface area contributed by atoms with Gasteiger partial charge in [-0.2, -0.15) is 0 Å². The normalized spacial score (nSPS) is 26.6. The van der Waals surface area contributed by atoms with Gasteiger partial charge in [0.1, 0.15) is 6.10 Å². The second-order valence-corrected chi connectivity index (χ2v) is 9.36. The van der Waals surface area contributed by atoms with Crippen molar-refractivity contribution in [3.05, 3.63) is 47.0 Å². The van der Waals surface area contributed by atoms with Crippen LogP contribution in [0.1, 0.15) is 70.9 Å². The second-order valence-electron chi connectivity index (χ2n) is 9.36. The summed E-state index contributed by atoms with van der Waals surface area (Å²) in [6.45, 7) is 8.15. The maximum atomic E-state index is 12.6. The third-order valence-electron chi connectivity index (χ3n) is 6.69. The Morgan fingerprint density at radius 2 is 2.06 bits per heavy atom. The van der Waals surface area contributed by atoms with Gasteiger partial charge in [0.25, 0.3) is 0 Å². The van der Waals surface area contributed by atoms with E-state index in [-0.39, 0.29) is 24.6 Å². The summed E-state index contributed by atoms with van der Waals surface area (Å²) in [4.78, 5) is 12.6. The molecule has 1 heterocycles. The summed E-state index contributed by atoms with van der Waals surface area (Å²) in [5.41, 5.74) is 2.74. The Kier molecular flexibility index (Phi) is 9.73. The van der Waals surface area contributed by atoms with Gasteiger partial charge in [-0.1, -0.05) is 51.1 Å². The molecule has 5 heteroatoms. The van der Waals surface area contributed by atoms with Gasteiger partial charge in [0.15, 0.2) is 0 Å². The van der Waals surface area contributed by atoms with Crippen molar-refractivity contribution in [1.82, 2.24) is 0 Å². The van der Waals surface area contributed by atoms with Crippen LogP contribution in [0.4, 0.5) is 0 Å². The minimum atomic E-state index is -0.614. The number of hydrogen-bond donors (Lipinski definition) is 2. The summed E-state index contributed by atoms with van der Waals surface area (Å²) in [6.07, 6.45) is 4.26. The van der Waals surface area contributed by atoms with Crippen LogP contribution in [0.25, 0.3) is 0 Å². The van der Waals surface area contributed by atoms with Crippen LogP contribution < -0.4 is 0 Å². The van der Waals surface area contributed by atoms with Gasteiger partial charge in [-0.05, 0) is 42.9 Å². The average Bonchev–Trinajstić information content (AvgIpc) is 2.75. The van der Waals surface area contributed by atoms with Gasteiger partial charge >= 0.3 is 5.97 Å². The topological polar surface area (TPSA) is 76.0 Å². The minimum Gasteiger partial charge on any atom is -0.458 e. The van der Waals surface area contributed by atoms with E-state index in [1.165, 1.54) is 0 Å². The molecule has 0 aromatic heterocycles. The zero-order valence-corrected chi connectivity index (χ0v) is 19.8. The van der Waals surface area contributed by atoms with E-state index in [1.54, 1.807) is 7.11 Å². The van der Waals surface area contributed by atoms with Gasteiger partial charge in [-0.3, -0.25) is 4.79 Å². The highest BCUT2D eigenvalue weighted by atomic mass is 16.5. The van der Waals surface area contributed by atoms with Gasteiger partial charge in [-0.25, -0.2) is 0 Å². The van der Waals surface area contributed by atoms with Crippen molar-refractivity contribution < 1.29 is 24.5 Å². The Bertz CT molecular complexity index is 735. The minimum absolute atomic E-state index is 0.0300. The lowest BCUT2D eigenvalue weighted by atomic mass is 9.76. The van der Waals surface area contributed by atoms with Gasteiger partial charge in [-0.15, -0.1) is 0 Å². The Labute approximate surface area is 187 Å². The summed E-state index contributed by atoms with van der Waals surface area (Å²) in [7, 11) is 1.63. The van der Waals surface area contributed by atoms with Crippen LogP contribution in [0.3, 0.4) is 0 Å². The quantitative estimate of drug-likeness (QED) is 0.535. The SMILES string of the molecule is CCC(C=C(C)C1CC(OC)CC(O)C(C)(C)c2cccc(c2)CCCC(=O)O1)CO. The summed E-state index contributed by atoms with van der Waals surface area (Å²) in [6, 6.07) is 8.28. The lowest BCUT2D eigenvalue weighted by molar-refractivity contribution is -0.149. The Hall–Kier alpha value is -1.69. The van der Waals surface area contributed by atoms with Crippen LogP contribution in [0, 0.1) is 5.92 Å². The molecule has 2 N–H and O–H groups in total. The van der Waals surface area contributed by atoms with Gasteiger partial charge in [0.2, 0.25) is 0 Å². The lowest BCUT2D eigenvalue weighted by Gasteiger charge is -2.34. The van der Waals surface area contributed by atoms with Crippen LogP contribution in [-0.2, 0) is 26.1 Å². The fourth-order valence-corrected chi connectivity index (χ4v) is 4.15. The Balaban J connectivity index is 2.34. The first kappa shape index (κ1) is 25.6. The zero-order valence-electron chi connectivity index (χ0n) is 19.8. The molecule has 4 atom stereocenters. The lowest BCUT2D eigenvalue weighted by Crippen LogP contribution is -2.38. The highest BCUT2D eigenvalue weighted by molar-refractivity contribution is 5.69. The standard InChI is InChI=1S/C26H40O5/c1-6-19(17-27)13-18(2)23-15-22(30-5)16-24(28)26(3,4)21-11-7-9-20(14-21)10-8-12-25(29)31-23/h7,9,11,13-14,19,22-24,27-28H,6,8,10,12,15-17H2,1-5H3. The number of aryl methyl sites for hydroxylation is 1. The molecule has 174 valence electrons. The second kappa shape index (κ2) is 11.8. The Morgan fingerprint density at radius 1 is 1.32 bits per heavy atom. The number of aliphatic hydroxyl groups is 2. The van der Waals surface area contributed by atoms with Crippen LogP contribution in [0.15, 0.2) is 35.9 Å². The van der Waals surface area contributed by atoms with Crippen molar-refractivity contribution in [2.45, 2.75) is 89.9 Å². The molecule has 1 aromatic carbocycles. The molecule has 0 saturated heterocycles. The van der Waals surface area contributed by atoms with Crippen molar-refractivity contribution in [2.75, 3.05) is 13.7 Å². The van der Waals surface area contributed by atoms with Gasteiger partial charge < -0.3 is 19.7 Å². The van der Waals surface area contributed by atoms with Gasteiger partial charge in [0.05, 0.1) is 12.2 Å². The number of carbonyl (C=O) groups is 1. The summed E-state index contributed by atoms with van der Waals surface area (Å²) < 4.78 is 11.6. The molecule has 31 heavy (non-hydrogen) atoms. The first-order valence-corrected chi connectivity index (χ1v) is 11.5. The van der Waals surface area contributed by atoms with E-state index in [4.69, 9.17) is 9.47 Å². The van der Waals surface area contributed by atoms with Gasteiger partial charge in [0, 0.05) is 44.3 Å². The number of benzene rings is 1. The van der Waals surface area contributed by atoms with E-state index >= 15 is 0 Å². The van der Waals surface area contributed by atoms with E-state index in [0.717, 1.165) is 29.5 Å². The molecule has 1 aromatic rings. The van der Waals surface area contributed by atoms with E-state index in [0.29, 0.717) is 25.7 Å². The van der Waals surface area contributed by atoms with Crippen molar-refractivity contribution in [1.29, 1.82) is 0 Å². The van der Waals surface area contributed by atoms with Crippen molar-refractivity contribution in [3.8, 4) is 0 Å². The van der Waals surface area contributed by atoms with Crippen LogP contribution >= 0.6 is 0 Å². The molecule has 0 amide bonds. The van der Waals surface area contributed by atoms with Crippen LogP contribution in [0.5, 0.6) is 0 Å². The number of rotatable bonds is 5. The predicted molar refractivity (Wildman–Crippen MR) is 123 cm³/mol. The fraction of sp³-hybridized carbons (Fsp3) is 0.654. The van der Waals surface area contributed by atoms with Crippen molar-refractivity contribution in [2.24, 2.45) is 5.92 Å². The number of cyclic esters (lactones) is 1. The molecular weight excluding hydrogens is 392 g/mol. The van der Waals surface area contributed by atoms with Crippen LogP contribution in [-0.4, -0.2) is 48.2 Å². The van der Waals surface area contributed by atoms with Crippen molar-refractivity contribution >= 4 is 5.97 Å². The van der Waals surface area contributed by atoms with E-state index in [9.17, 15) is 15.0 Å². The molecule has 1 aliphatic heterocycles. The maximum Gasteiger partial charge on any atom is 0.306 e. The molecule has 2 rings (SSSR count). The number of fused-ring (bicyclic) bond motifs is 2. The van der Waals surface area contributed by atoms with E-state index in [2.05, 4.69) is 32.0 Å². The zero-order chi connectivity index (χ0) is 23.0. The van der Waals surface area contributed by atoms with E-state index in [1.807, 2.05) is 26.0 Å². The molecule has 5 nitrogen and oxygen atoms in total. The first-order valence-electron chi connectivity index (χ1n) is 11.5. The molecule has 4 unspecified atom stereocenters. The summed E-state index contributed by atoms with van der Waals surface area (Å²) in [5.74, 6) is -0.193. The fourth-order valence-electron chi connectivity index (χ4n) is 4.15. The number of hydrogen-bond acceptors (Lipinski definition) is 5. The molecule has 0 fully saturated rings. The number of carbonyl (C=O) groups excluding carboxylic acids is 1. The third-order valence-corrected chi connectivity index (χ3v) is 6.69. The highest BCUT2D eigenvalue weighted by Gasteiger charge is 2.33. The maximum absolute atomic E-state index is 12.6. The number of methoxy groups -OCH3 is 1. The van der Waals surface area contributed by atoms with E-state index < -0.39 is 17.6 Å². The van der Waals surface area contributed by atoms with Crippen LogP contribution in [0.2, 0.25) is 0 Å². The Morgan fingerprint density at radius 3 is 2.71 bits per heavy atom. The molecule has 0 radical (unpaired) electrons. The molecule has 0 saturated carbocycles. The molecular formula is C26H40O5. The third kappa shape index (κ3) is 7.16. The highest BCUT2D eigenvalue weighted by Crippen LogP contribution is 2.32. The monoisotopic (exact) mass is 432 g/mol. The molecule has 0 aliphatic carbocycles. The molecule has 1 aliphatic rings. The molecule has 2 bridgehead atoms. The number of aliphatic hydroxyl groups excluding tert-OH is 2. The number of ether oxygens (including phenoxy) is 2. The summed E-state index contributed by atoms with van der Waals surface area (Å²) >= 11 is 0. The smallest absolute Gasteiger partial charge is 0.306 e. The summed E-state index contributed by atoms with van der Waals surface area (Å²) in [5, 5.41) is 20.7. The first-order chi connectivity index (χ1) is 14.7.